The van der Waals surface area contributed by atoms with E-state index >= 15 is 0 Å². The standard InChI is InChI=1S/C29H30N2O2/c32-26(33)21-13-2-1-3-14-22-31-28(24-17-9-5-10-18-24)27(23-15-7-4-8-16-23)30-29(31)25-19-11-6-12-20-25/h4-12,15-20H,1-3,13-14,21-22H2,(H,32,33). The number of unbranched alkanes of at least 4 members (excludes halogenated alkanes) is 4. The molecule has 0 unspecified atom stereocenters. The summed E-state index contributed by atoms with van der Waals surface area (Å²) in [7, 11) is 0. The molecule has 4 heteroatoms. The van der Waals surface area contributed by atoms with E-state index in [2.05, 4.69) is 77.4 Å². The van der Waals surface area contributed by atoms with Gasteiger partial charge < -0.3 is 9.67 Å². The van der Waals surface area contributed by atoms with Crippen LogP contribution in [0.3, 0.4) is 0 Å². The van der Waals surface area contributed by atoms with Crippen molar-refractivity contribution in [1.82, 2.24) is 9.55 Å². The van der Waals surface area contributed by atoms with Crippen LogP contribution in [-0.4, -0.2) is 20.6 Å². The van der Waals surface area contributed by atoms with E-state index in [1.54, 1.807) is 0 Å². The number of carboxylic acids is 1. The molecule has 1 heterocycles. The van der Waals surface area contributed by atoms with Gasteiger partial charge in [0.25, 0.3) is 0 Å². The molecule has 0 atom stereocenters. The first-order chi connectivity index (χ1) is 16.2. The summed E-state index contributed by atoms with van der Waals surface area (Å²) >= 11 is 0. The van der Waals surface area contributed by atoms with Crippen molar-refractivity contribution in [3.63, 3.8) is 0 Å². The molecule has 4 nitrogen and oxygen atoms in total. The fraction of sp³-hybridized carbons (Fsp3) is 0.241. The Morgan fingerprint density at radius 1 is 0.667 bits per heavy atom. The molecule has 0 aliphatic heterocycles. The predicted octanol–water partition coefficient (Wildman–Crippen LogP) is 7.31. The van der Waals surface area contributed by atoms with Crippen LogP contribution in [0, 0.1) is 0 Å². The SMILES string of the molecule is O=C(O)CCCCCCCn1c(-c2ccccc2)nc(-c2ccccc2)c1-c1ccccc1. The summed E-state index contributed by atoms with van der Waals surface area (Å²) in [6, 6.07) is 31.3. The number of hydrogen-bond acceptors (Lipinski definition) is 2. The summed E-state index contributed by atoms with van der Waals surface area (Å²) in [4.78, 5) is 15.9. The lowest BCUT2D eigenvalue weighted by Gasteiger charge is -2.13. The van der Waals surface area contributed by atoms with Gasteiger partial charge in [-0.3, -0.25) is 4.79 Å². The first kappa shape index (κ1) is 22.5. The van der Waals surface area contributed by atoms with E-state index in [0.717, 1.165) is 72.6 Å². The van der Waals surface area contributed by atoms with E-state index in [9.17, 15) is 4.79 Å². The molecular formula is C29H30N2O2. The zero-order valence-corrected chi connectivity index (χ0v) is 18.9. The summed E-state index contributed by atoms with van der Waals surface area (Å²) < 4.78 is 2.37. The zero-order chi connectivity index (χ0) is 22.9. The monoisotopic (exact) mass is 438 g/mol. The van der Waals surface area contributed by atoms with Crippen molar-refractivity contribution >= 4 is 5.97 Å². The summed E-state index contributed by atoms with van der Waals surface area (Å²) in [6.07, 6.45) is 5.12. The number of aliphatic carboxylic acids is 1. The van der Waals surface area contributed by atoms with Crippen molar-refractivity contribution in [3.8, 4) is 33.9 Å². The van der Waals surface area contributed by atoms with Gasteiger partial charge in [0.05, 0.1) is 11.4 Å². The van der Waals surface area contributed by atoms with Crippen molar-refractivity contribution in [2.24, 2.45) is 0 Å². The van der Waals surface area contributed by atoms with E-state index in [1.807, 2.05) is 18.2 Å². The van der Waals surface area contributed by atoms with Crippen LogP contribution in [0.15, 0.2) is 91.0 Å². The molecule has 1 aromatic heterocycles. The first-order valence-electron chi connectivity index (χ1n) is 11.7. The fourth-order valence-electron chi connectivity index (χ4n) is 4.24. The van der Waals surface area contributed by atoms with Gasteiger partial charge in [0.1, 0.15) is 5.82 Å². The molecule has 4 aromatic rings. The predicted molar refractivity (Wildman–Crippen MR) is 134 cm³/mol. The maximum absolute atomic E-state index is 10.7. The molecule has 0 radical (unpaired) electrons. The van der Waals surface area contributed by atoms with E-state index in [-0.39, 0.29) is 6.42 Å². The second kappa shape index (κ2) is 11.3. The van der Waals surface area contributed by atoms with E-state index < -0.39 is 5.97 Å². The highest BCUT2D eigenvalue weighted by Crippen LogP contribution is 2.36. The number of nitrogens with zero attached hydrogens (tertiary/aromatic N) is 2. The smallest absolute Gasteiger partial charge is 0.303 e. The van der Waals surface area contributed by atoms with Crippen LogP contribution in [0.1, 0.15) is 38.5 Å². The van der Waals surface area contributed by atoms with Gasteiger partial charge in [-0.1, -0.05) is 110 Å². The normalized spacial score (nSPS) is 10.9. The molecular weight excluding hydrogens is 408 g/mol. The number of carbonyl (C=O) groups is 1. The third-order valence-electron chi connectivity index (χ3n) is 5.87. The molecule has 0 amide bonds. The molecule has 33 heavy (non-hydrogen) atoms. The van der Waals surface area contributed by atoms with Crippen LogP contribution in [0.4, 0.5) is 0 Å². The lowest BCUT2D eigenvalue weighted by molar-refractivity contribution is -0.137. The van der Waals surface area contributed by atoms with Crippen LogP contribution in [0.25, 0.3) is 33.9 Å². The number of benzene rings is 3. The highest BCUT2D eigenvalue weighted by Gasteiger charge is 2.20. The minimum absolute atomic E-state index is 0.262. The Labute approximate surface area is 195 Å². The van der Waals surface area contributed by atoms with E-state index in [1.165, 1.54) is 0 Å². The molecule has 4 rings (SSSR count). The van der Waals surface area contributed by atoms with Crippen molar-refractivity contribution < 1.29 is 9.90 Å². The first-order valence-corrected chi connectivity index (χ1v) is 11.7. The summed E-state index contributed by atoms with van der Waals surface area (Å²) in [6.45, 7) is 0.868. The van der Waals surface area contributed by atoms with E-state index in [0.29, 0.717) is 0 Å². The van der Waals surface area contributed by atoms with Crippen molar-refractivity contribution in [1.29, 1.82) is 0 Å². The largest absolute Gasteiger partial charge is 0.481 e. The van der Waals surface area contributed by atoms with Crippen LogP contribution in [0.2, 0.25) is 0 Å². The highest BCUT2D eigenvalue weighted by atomic mass is 16.4. The maximum atomic E-state index is 10.7. The molecule has 168 valence electrons. The van der Waals surface area contributed by atoms with Gasteiger partial charge in [0, 0.05) is 29.7 Å². The molecule has 0 aliphatic rings. The average molecular weight is 439 g/mol. The number of aromatic nitrogens is 2. The Morgan fingerprint density at radius 3 is 1.79 bits per heavy atom. The van der Waals surface area contributed by atoms with Crippen LogP contribution < -0.4 is 0 Å². The Kier molecular flexibility index (Phi) is 7.70. The Balaban J connectivity index is 1.68. The maximum Gasteiger partial charge on any atom is 0.303 e. The quantitative estimate of drug-likeness (QED) is 0.250. The van der Waals surface area contributed by atoms with Gasteiger partial charge in [-0.25, -0.2) is 4.98 Å². The van der Waals surface area contributed by atoms with Gasteiger partial charge in [-0.15, -0.1) is 0 Å². The van der Waals surface area contributed by atoms with Gasteiger partial charge >= 0.3 is 5.97 Å². The fourth-order valence-corrected chi connectivity index (χ4v) is 4.24. The van der Waals surface area contributed by atoms with Crippen molar-refractivity contribution in [3.05, 3.63) is 91.0 Å². The molecule has 1 N–H and O–H groups in total. The molecule has 3 aromatic carbocycles. The minimum Gasteiger partial charge on any atom is -0.481 e. The molecule has 0 fully saturated rings. The Hall–Kier alpha value is -3.66. The molecule has 0 spiro atoms. The summed E-state index contributed by atoms with van der Waals surface area (Å²) in [5.74, 6) is 0.279. The molecule has 0 saturated carbocycles. The topological polar surface area (TPSA) is 55.1 Å². The summed E-state index contributed by atoms with van der Waals surface area (Å²) in [5, 5.41) is 8.83. The second-order valence-corrected chi connectivity index (χ2v) is 8.29. The Bertz CT molecular complexity index is 1150. The van der Waals surface area contributed by atoms with Crippen LogP contribution in [-0.2, 0) is 11.3 Å². The lowest BCUT2D eigenvalue weighted by atomic mass is 10.0. The molecule has 0 saturated heterocycles. The zero-order valence-electron chi connectivity index (χ0n) is 18.9. The third-order valence-corrected chi connectivity index (χ3v) is 5.87. The highest BCUT2D eigenvalue weighted by molar-refractivity contribution is 5.82. The van der Waals surface area contributed by atoms with Gasteiger partial charge in [-0.2, -0.15) is 0 Å². The lowest BCUT2D eigenvalue weighted by Crippen LogP contribution is -2.03. The number of rotatable bonds is 11. The van der Waals surface area contributed by atoms with Crippen LogP contribution >= 0.6 is 0 Å². The van der Waals surface area contributed by atoms with E-state index in [4.69, 9.17) is 10.1 Å². The minimum atomic E-state index is -0.707. The number of hydrogen-bond donors (Lipinski definition) is 1. The molecule has 0 bridgehead atoms. The second-order valence-electron chi connectivity index (χ2n) is 8.29. The van der Waals surface area contributed by atoms with Crippen molar-refractivity contribution in [2.45, 2.75) is 45.1 Å². The molecule has 0 aliphatic carbocycles. The number of carboxylic acid groups (broad SMARTS) is 1. The summed E-state index contributed by atoms with van der Waals surface area (Å²) in [5.41, 5.74) is 5.53. The third kappa shape index (κ3) is 5.78. The Morgan fingerprint density at radius 2 is 1.18 bits per heavy atom. The van der Waals surface area contributed by atoms with Crippen molar-refractivity contribution in [2.75, 3.05) is 0 Å². The number of imidazole rings is 1. The van der Waals surface area contributed by atoms with Gasteiger partial charge in [0.2, 0.25) is 0 Å². The van der Waals surface area contributed by atoms with Gasteiger partial charge in [0.15, 0.2) is 0 Å². The van der Waals surface area contributed by atoms with Crippen LogP contribution in [0.5, 0.6) is 0 Å². The van der Waals surface area contributed by atoms with Gasteiger partial charge in [-0.05, 0) is 12.8 Å². The average Bonchev–Trinajstić information content (AvgIpc) is 3.24.